The number of carboxylic acids is 1. The molecule has 0 saturated heterocycles. The summed E-state index contributed by atoms with van der Waals surface area (Å²) in [5, 5.41) is 14.7. The molecule has 0 spiro atoms. The summed E-state index contributed by atoms with van der Waals surface area (Å²) < 4.78 is 4.73. The molecule has 1 aromatic carbocycles. The molecule has 0 bridgehead atoms. The standard InChI is InChI=1S/C13H15ClN2O4S/c1-7(6-20-2)11(17)16-13(21)15-10-5-8(14)3-4-9(10)12(18)19/h3-6,13,15,21H,1-2H3,(H,16,17)(H,18,19)/b7-6-. The summed E-state index contributed by atoms with van der Waals surface area (Å²) in [5.41, 5.74) is -0.169. The molecule has 1 amide bonds. The molecule has 1 atom stereocenters. The monoisotopic (exact) mass is 330 g/mol. The number of thiol groups is 1. The van der Waals surface area contributed by atoms with Gasteiger partial charge in [0.2, 0.25) is 0 Å². The average Bonchev–Trinajstić information content (AvgIpc) is 2.38. The molecule has 8 heteroatoms. The molecular formula is C13H15ClN2O4S. The van der Waals surface area contributed by atoms with Crippen molar-refractivity contribution in [2.45, 2.75) is 12.4 Å². The number of ether oxygens (including phenoxy) is 1. The first-order valence-electron chi connectivity index (χ1n) is 5.83. The van der Waals surface area contributed by atoms with E-state index in [0.717, 1.165) is 0 Å². The number of halogens is 1. The number of aromatic carboxylic acids is 1. The molecule has 0 aliphatic rings. The van der Waals surface area contributed by atoms with Crippen LogP contribution in [0.2, 0.25) is 5.02 Å². The van der Waals surface area contributed by atoms with Gasteiger partial charge >= 0.3 is 5.97 Å². The van der Waals surface area contributed by atoms with E-state index in [4.69, 9.17) is 21.4 Å². The van der Waals surface area contributed by atoms with E-state index in [9.17, 15) is 9.59 Å². The van der Waals surface area contributed by atoms with Gasteiger partial charge in [-0.15, -0.1) is 12.6 Å². The van der Waals surface area contributed by atoms with Crippen molar-refractivity contribution in [1.82, 2.24) is 5.32 Å². The number of amides is 1. The number of anilines is 1. The number of rotatable bonds is 6. The summed E-state index contributed by atoms with van der Waals surface area (Å²) >= 11 is 9.98. The lowest BCUT2D eigenvalue weighted by Gasteiger charge is -2.18. The summed E-state index contributed by atoms with van der Waals surface area (Å²) in [4.78, 5) is 22.8. The second kappa shape index (κ2) is 7.80. The maximum absolute atomic E-state index is 11.7. The van der Waals surface area contributed by atoms with Crippen LogP contribution in [-0.4, -0.2) is 29.6 Å². The fourth-order valence-corrected chi connectivity index (χ4v) is 1.90. The van der Waals surface area contributed by atoms with Crippen molar-refractivity contribution in [1.29, 1.82) is 0 Å². The minimum Gasteiger partial charge on any atom is -0.504 e. The summed E-state index contributed by atoms with van der Waals surface area (Å²) in [6.45, 7) is 1.57. The van der Waals surface area contributed by atoms with Crippen molar-refractivity contribution in [2.75, 3.05) is 12.4 Å². The molecule has 114 valence electrons. The fourth-order valence-electron chi connectivity index (χ4n) is 1.47. The predicted molar refractivity (Wildman–Crippen MR) is 83.7 cm³/mol. The number of carbonyl (C=O) groups is 2. The van der Waals surface area contributed by atoms with Crippen molar-refractivity contribution in [3.05, 3.63) is 40.6 Å². The molecular weight excluding hydrogens is 316 g/mol. The first-order chi connectivity index (χ1) is 9.85. The highest BCUT2D eigenvalue weighted by Gasteiger charge is 2.15. The smallest absolute Gasteiger partial charge is 0.337 e. The van der Waals surface area contributed by atoms with Gasteiger partial charge in [-0.1, -0.05) is 11.6 Å². The molecule has 1 aromatic rings. The van der Waals surface area contributed by atoms with Gasteiger partial charge < -0.3 is 20.5 Å². The topological polar surface area (TPSA) is 87.7 Å². The molecule has 0 radical (unpaired) electrons. The van der Waals surface area contributed by atoms with Crippen molar-refractivity contribution in [3.8, 4) is 0 Å². The van der Waals surface area contributed by atoms with Crippen LogP contribution in [0, 0.1) is 0 Å². The van der Waals surface area contributed by atoms with E-state index in [1.54, 1.807) is 6.92 Å². The van der Waals surface area contributed by atoms with Gasteiger partial charge in [0.1, 0.15) is 5.50 Å². The first kappa shape index (κ1) is 17.2. The molecule has 21 heavy (non-hydrogen) atoms. The van der Waals surface area contributed by atoms with Crippen LogP contribution in [0.4, 0.5) is 5.69 Å². The Balaban J connectivity index is 2.82. The SMILES string of the molecule is CO/C=C(/C)C(=O)NC(S)Nc1cc(Cl)ccc1C(=O)O. The van der Waals surface area contributed by atoms with Crippen LogP contribution < -0.4 is 10.6 Å². The summed E-state index contributed by atoms with van der Waals surface area (Å²) in [5.74, 6) is -1.51. The summed E-state index contributed by atoms with van der Waals surface area (Å²) in [7, 11) is 1.43. The van der Waals surface area contributed by atoms with Crippen LogP contribution in [0.25, 0.3) is 0 Å². The third kappa shape index (κ3) is 5.20. The number of hydrogen-bond donors (Lipinski definition) is 4. The minimum atomic E-state index is -1.11. The Labute approximate surface area is 132 Å². The Morgan fingerprint density at radius 3 is 2.71 bits per heavy atom. The van der Waals surface area contributed by atoms with Crippen molar-refractivity contribution >= 4 is 41.8 Å². The number of nitrogens with one attached hydrogen (secondary N) is 2. The van der Waals surface area contributed by atoms with Gasteiger partial charge in [0, 0.05) is 10.6 Å². The number of methoxy groups -OCH3 is 1. The van der Waals surface area contributed by atoms with Crippen LogP contribution >= 0.6 is 24.2 Å². The van der Waals surface area contributed by atoms with E-state index >= 15 is 0 Å². The lowest BCUT2D eigenvalue weighted by Crippen LogP contribution is -2.37. The second-order valence-electron chi connectivity index (χ2n) is 4.05. The molecule has 0 aromatic heterocycles. The number of benzene rings is 1. The Hall–Kier alpha value is -1.86. The molecule has 3 N–H and O–H groups in total. The maximum Gasteiger partial charge on any atom is 0.337 e. The number of carboxylic acid groups (broad SMARTS) is 1. The second-order valence-corrected chi connectivity index (χ2v) is 5.00. The van der Waals surface area contributed by atoms with E-state index in [2.05, 4.69) is 23.3 Å². The molecule has 0 fully saturated rings. The Bertz CT molecular complexity index is 577. The van der Waals surface area contributed by atoms with E-state index in [-0.39, 0.29) is 11.3 Å². The van der Waals surface area contributed by atoms with Gasteiger partial charge in [-0.3, -0.25) is 4.79 Å². The number of carbonyl (C=O) groups excluding carboxylic acids is 1. The van der Waals surface area contributed by atoms with Gasteiger partial charge in [0.25, 0.3) is 5.91 Å². The Kier molecular flexibility index (Phi) is 6.39. The Morgan fingerprint density at radius 2 is 2.14 bits per heavy atom. The zero-order valence-electron chi connectivity index (χ0n) is 11.4. The highest BCUT2D eigenvalue weighted by molar-refractivity contribution is 7.81. The van der Waals surface area contributed by atoms with Crippen molar-refractivity contribution in [3.63, 3.8) is 0 Å². The third-order valence-electron chi connectivity index (χ3n) is 2.42. The van der Waals surface area contributed by atoms with Gasteiger partial charge in [-0.05, 0) is 25.1 Å². The first-order valence-corrected chi connectivity index (χ1v) is 6.72. The van der Waals surface area contributed by atoms with Crippen molar-refractivity contribution < 1.29 is 19.4 Å². The van der Waals surface area contributed by atoms with Gasteiger partial charge in [-0.25, -0.2) is 4.79 Å². The highest BCUT2D eigenvalue weighted by atomic mass is 35.5. The van der Waals surface area contributed by atoms with E-state index in [0.29, 0.717) is 10.6 Å². The van der Waals surface area contributed by atoms with Crippen LogP contribution in [0.5, 0.6) is 0 Å². The quantitative estimate of drug-likeness (QED) is 0.278. The zero-order valence-corrected chi connectivity index (χ0v) is 13.0. The lowest BCUT2D eigenvalue weighted by molar-refractivity contribution is -0.117. The maximum atomic E-state index is 11.7. The molecule has 0 aliphatic carbocycles. The fraction of sp³-hybridized carbons (Fsp3) is 0.231. The average molecular weight is 331 g/mol. The van der Waals surface area contributed by atoms with E-state index in [1.807, 2.05) is 0 Å². The largest absolute Gasteiger partial charge is 0.504 e. The number of hydrogen-bond acceptors (Lipinski definition) is 5. The normalized spacial score (nSPS) is 12.5. The van der Waals surface area contributed by atoms with Gasteiger partial charge in [-0.2, -0.15) is 0 Å². The third-order valence-corrected chi connectivity index (χ3v) is 2.92. The molecule has 1 unspecified atom stereocenters. The predicted octanol–water partition coefficient (Wildman–Crippen LogP) is 2.33. The van der Waals surface area contributed by atoms with Crippen LogP contribution in [0.3, 0.4) is 0 Å². The molecule has 0 saturated carbocycles. The molecule has 0 heterocycles. The van der Waals surface area contributed by atoms with Crippen molar-refractivity contribution in [2.24, 2.45) is 0 Å². The lowest BCUT2D eigenvalue weighted by atomic mass is 10.2. The molecule has 0 aliphatic heterocycles. The zero-order chi connectivity index (χ0) is 16.0. The molecule has 1 rings (SSSR count). The molecule has 6 nitrogen and oxygen atoms in total. The van der Waals surface area contributed by atoms with Crippen LogP contribution in [0.15, 0.2) is 30.0 Å². The van der Waals surface area contributed by atoms with E-state index in [1.165, 1.54) is 31.6 Å². The Morgan fingerprint density at radius 1 is 1.48 bits per heavy atom. The summed E-state index contributed by atoms with van der Waals surface area (Å²) in [6, 6.07) is 4.28. The van der Waals surface area contributed by atoms with Crippen LogP contribution in [-0.2, 0) is 9.53 Å². The van der Waals surface area contributed by atoms with Crippen LogP contribution in [0.1, 0.15) is 17.3 Å². The highest BCUT2D eigenvalue weighted by Crippen LogP contribution is 2.22. The van der Waals surface area contributed by atoms with E-state index < -0.39 is 17.4 Å². The van der Waals surface area contributed by atoms with Gasteiger partial charge in [0.05, 0.1) is 24.6 Å². The van der Waals surface area contributed by atoms with Gasteiger partial charge in [0.15, 0.2) is 0 Å². The minimum absolute atomic E-state index is 0.0249. The summed E-state index contributed by atoms with van der Waals surface area (Å²) in [6.07, 6.45) is 1.29.